The molecule has 35 heavy (non-hydrogen) atoms. The maximum Gasteiger partial charge on any atom is 0.377 e. The van der Waals surface area contributed by atoms with Crippen molar-refractivity contribution >= 4 is 29.3 Å². The van der Waals surface area contributed by atoms with Crippen molar-refractivity contribution in [1.82, 2.24) is 0 Å². The lowest BCUT2D eigenvalue weighted by Crippen LogP contribution is -2.35. The first-order valence-corrected chi connectivity index (χ1v) is 11.4. The maximum atomic E-state index is 12.2. The van der Waals surface area contributed by atoms with Gasteiger partial charge < -0.3 is 29.7 Å². The molecule has 0 saturated heterocycles. The topological polar surface area (TPSA) is 120 Å². The molecule has 1 aromatic heterocycles. The lowest BCUT2D eigenvalue weighted by Gasteiger charge is -2.21. The molecule has 1 aromatic carbocycles. The van der Waals surface area contributed by atoms with E-state index in [0.29, 0.717) is 0 Å². The van der Waals surface area contributed by atoms with E-state index in [-0.39, 0.29) is 6.54 Å². The number of pyridine rings is 1. The number of nitrogens with zero attached hydrogens (tertiary/aromatic N) is 2. The number of fused-ring (bicyclic) bond motifs is 1. The van der Waals surface area contributed by atoms with Gasteiger partial charge in [0.25, 0.3) is 0 Å². The zero-order valence-electron chi connectivity index (χ0n) is 19.7. The molecule has 4 rings (SSSR count). The van der Waals surface area contributed by atoms with Crippen molar-refractivity contribution < 1.29 is 38.9 Å². The normalized spacial score (nSPS) is 19.3. The molecule has 2 aromatic rings. The second kappa shape index (κ2) is 10.2. The first-order chi connectivity index (χ1) is 16.7. The molecule has 0 spiro atoms. The van der Waals surface area contributed by atoms with Crippen LogP contribution in [0.2, 0.25) is 0 Å². The summed E-state index contributed by atoms with van der Waals surface area (Å²) in [6, 6.07) is 10.0. The largest absolute Gasteiger partial charge is 0.505 e. The fourth-order valence-electron chi connectivity index (χ4n) is 4.27. The SMILES string of the molecule is CN(CC(=O)OCC(O)C1OC(=O)C(O)=C1O)c1ccc(/C=C2\CCCc3c[n+](C)ccc32)cc1. The smallest absolute Gasteiger partial charge is 0.377 e. The molecule has 3 N–H and O–H groups in total. The van der Waals surface area contributed by atoms with Crippen LogP contribution < -0.4 is 9.47 Å². The molecule has 2 aliphatic rings. The van der Waals surface area contributed by atoms with Crippen LogP contribution in [0.1, 0.15) is 29.5 Å². The van der Waals surface area contributed by atoms with E-state index in [1.165, 1.54) is 16.7 Å². The summed E-state index contributed by atoms with van der Waals surface area (Å²) in [6.07, 6.45) is 6.74. The number of carbonyl (C=O) groups excluding carboxylic acids is 2. The number of ether oxygens (including phenoxy) is 2. The predicted molar refractivity (Wildman–Crippen MR) is 127 cm³/mol. The molecule has 0 radical (unpaired) electrons. The van der Waals surface area contributed by atoms with Gasteiger partial charge in [-0.15, -0.1) is 0 Å². The molecule has 0 amide bonds. The Hall–Kier alpha value is -3.85. The minimum Gasteiger partial charge on any atom is -0.505 e. The van der Waals surface area contributed by atoms with Gasteiger partial charge in [-0.2, -0.15) is 0 Å². The van der Waals surface area contributed by atoms with E-state index >= 15 is 0 Å². The third-order valence-electron chi connectivity index (χ3n) is 6.16. The average molecular weight is 482 g/mol. The third-order valence-corrected chi connectivity index (χ3v) is 6.16. The van der Waals surface area contributed by atoms with E-state index in [9.17, 15) is 24.9 Å². The Bertz CT molecular complexity index is 1190. The van der Waals surface area contributed by atoms with Gasteiger partial charge in [0.2, 0.25) is 5.76 Å². The van der Waals surface area contributed by atoms with Gasteiger partial charge in [0.15, 0.2) is 24.3 Å². The van der Waals surface area contributed by atoms with Crippen LogP contribution in [0.5, 0.6) is 0 Å². The van der Waals surface area contributed by atoms with E-state index in [1.54, 1.807) is 11.9 Å². The molecule has 9 nitrogen and oxygen atoms in total. The highest BCUT2D eigenvalue weighted by molar-refractivity contribution is 5.89. The number of allylic oxidation sites excluding steroid dienone is 1. The number of aliphatic hydroxyl groups excluding tert-OH is 3. The van der Waals surface area contributed by atoms with Gasteiger partial charge in [-0.1, -0.05) is 18.2 Å². The second-order valence-electron chi connectivity index (χ2n) is 8.83. The van der Waals surface area contributed by atoms with Crippen molar-refractivity contribution in [3.05, 3.63) is 70.9 Å². The first-order valence-electron chi connectivity index (χ1n) is 11.4. The van der Waals surface area contributed by atoms with Crippen LogP contribution in [0, 0.1) is 0 Å². The van der Waals surface area contributed by atoms with E-state index in [0.717, 1.165) is 30.5 Å². The van der Waals surface area contributed by atoms with E-state index < -0.39 is 42.3 Å². The molecule has 2 heterocycles. The maximum absolute atomic E-state index is 12.2. The Morgan fingerprint density at radius 3 is 2.69 bits per heavy atom. The molecule has 0 bridgehead atoms. The number of aryl methyl sites for hydroxylation is 2. The van der Waals surface area contributed by atoms with Gasteiger partial charge in [0.1, 0.15) is 26.3 Å². The van der Waals surface area contributed by atoms with Gasteiger partial charge >= 0.3 is 11.9 Å². The average Bonchev–Trinajstić information content (AvgIpc) is 3.10. The van der Waals surface area contributed by atoms with Gasteiger partial charge in [-0.25, -0.2) is 9.36 Å². The summed E-state index contributed by atoms with van der Waals surface area (Å²) < 4.78 is 11.8. The number of esters is 2. The number of likely N-dealkylation sites (N-methyl/N-ethyl adjacent to an activating group) is 1. The lowest BCUT2D eigenvalue weighted by molar-refractivity contribution is -0.672. The van der Waals surface area contributed by atoms with Crippen molar-refractivity contribution in [1.29, 1.82) is 0 Å². The number of aliphatic hydroxyl groups is 3. The highest BCUT2D eigenvalue weighted by Crippen LogP contribution is 2.31. The molecule has 0 fully saturated rings. The van der Waals surface area contributed by atoms with Gasteiger partial charge in [-0.3, -0.25) is 4.79 Å². The molecular weight excluding hydrogens is 452 g/mol. The Kier molecular flexibility index (Phi) is 7.07. The minimum atomic E-state index is -1.50. The van der Waals surface area contributed by atoms with Gasteiger partial charge in [0, 0.05) is 24.4 Å². The van der Waals surface area contributed by atoms with Crippen LogP contribution in [0.4, 0.5) is 5.69 Å². The summed E-state index contributed by atoms with van der Waals surface area (Å²) in [5.41, 5.74) is 5.87. The van der Waals surface area contributed by atoms with E-state index in [1.807, 2.05) is 31.3 Å². The fraction of sp³-hybridized carbons (Fsp3) is 0.346. The Morgan fingerprint density at radius 1 is 1.26 bits per heavy atom. The van der Waals surface area contributed by atoms with Crippen molar-refractivity contribution in [3.63, 3.8) is 0 Å². The van der Waals surface area contributed by atoms with Gasteiger partial charge in [0.05, 0.1) is 0 Å². The summed E-state index contributed by atoms with van der Waals surface area (Å²) >= 11 is 0. The van der Waals surface area contributed by atoms with Crippen LogP contribution in [0.15, 0.2) is 54.2 Å². The van der Waals surface area contributed by atoms with Crippen LogP contribution in [-0.2, 0) is 32.5 Å². The predicted octanol–water partition coefficient (Wildman–Crippen LogP) is 1.98. The number of rotatable bonds is 7. The monoisotopic (exact) mass is 481 g/mol. The summed E-state index contributed by atoms with van der Waals surface area (Å²) in [4.78, 5) is 25.1. The number of hydrogen-bond donors (Lipinski definition) is 3. The Morgan fingerprint density at radius 2 is 2.00 bits per heavy atom. The molecule has 184 valence electrons. The highest BCUT2D eigenvalue weighted by Gasteiger charge is 2.39. The molecule has 2 unspecified atom stereocenters. The van der Waals surface area contributed by atoms with Crippen LogP contribution >= 0.6 is 0 Å². The summed E-state index contributed by atoms with van der Waals surface area (Å²) in [7, 11) is 3.78. The van der Waals surface area contributed by atoms with Gasteiger partial charge in [-0.05, 0) is 48.1 Å². The van der Waals surface area contributed by atoms with Crippen molar-refractivity contribution in [2.45, 2.75) is 31.5 Å². The van der Waals surface area contributed by atoms with E-state index in [4.69, 9.17) is 4.74 Å². The fourth-order valence-corrected chi connectivity index (χ4v) is 4.27. The summed E-state index contributed by atoms with van der Waals surface area (Å²) in [6.45, 7) is -0.580. The summed E-state index contributed by atoms with van der Waals surface area (Å²) in [5.74, 6) is -3.49. The number of aromatic nitrogens is 1. The number of hydrogen-bond acceptors (Lipinski definition) is 8. The minimum absolute atomic E-state index is 0.0743. The molecule has 0 saturated carbocycles. The third kappa shape index (κ3) is 5.46. The molecule has 1 aliphatic carbocycles. The summed E-state index contributed by atoms with van der Waals surface area (Å²) in [5, 5.41) is 28.9. The van der Waals surface area contributed by atoms with Crippen molar-refractivity contribution in [2.75, 3.05) is 25.1 Å². The molecule has 2 atom stereocenters. The van der Waals surface area contributed by atoms with Crippen LogP contribution in [-0.4, -0.2) is 59.7 Å². The number of carbonyl (C=O) groups is 2. The van der Waals surface area contributed by atoms with E-state index in [2.05, 4.69) is 33.8 Å². The lowest BCUT2D eigenvalue weighted by atomic mass is 9.87. The second-order valence-corrected chi connectivity index (χ2v) is 8.83. The molecular formula is C26H29N2O7+. The first kappa shape index (κ1) is 24.3. The quantitative estimate of drug-likeness (QED) is 0.406. The van der Waals surface area contributed by atoms with Crippen molar-refractivity contribution in [3.8, 4) is 0 Å². The number of benzene rings is 1. The standard InChI is InChI=1S/C26H28N2O7/c1-27-11-10-20-17(4-3-5-18(20)13-27)12-16-6-8-19(9-7-16)28(2)14-22(30)34-15-21(29)25-23(31)24(32)26(33)35-25/h6-13,21,25,29H,3-5,14-15H2,1-2H3,(H-,31,32,33)/p+1. The number of anilines is 1. The molecule has 9 heteroatoms. The Balaban J connectivity index is 1.32. The van der Waals surface area contributed by atoms with Crippen molar-refractivity contribution in [2.24, 2.45) is 7.05 Å². The highest BCUT2D eigenvalue weighted by atomic mass is 16.6. The number of cyclic esters (lactones) is 1. The Labute approximate surface area is 203 Å². The van der Waals surface area contributed by atoms with Crippen LogP contribution in [0.3, 0.4) is 0 Å². The van der Waals surface area contributed by atoms with Crippen LogP contribution in [0.25, 0.3) is 11.6 Å². The zero-order chi connectivity index (χ0) is 25.1. The zero-order valence-corrected chi connectivity index (χ0v) is 19.7. The molecule has 1 aliphatic heterocycles.